The number of nitrogens with zero attached hydrogens (tertiary/aromatic N) is 1. The van der Waals surface area contributed by atoms with Crippen LogP contribution in [-0.2, 0) is 17.9 Å². The van der Waals surface area contributed by atoms with E-state index in [2.05, 4.69) is 6.92 Å². The summed E-state index contributed by atoms with van der Waals surface area (Å²) in [4.78, 5) is 15.6. The largest absolute Gasteiger partial charge is 0.467 e. The van der Waals surface area contributed by atoms with Gasteiger partial charge in [0.05, 0.1) is 19.4 Å². The van der Waals surface area contributed by atoms with Gasteiger partial charge in [-0.05, 0) is 36.0 Å². The third-order valence-corrected chi connectivity index (χ3v) is 4.44. The highest BCUT2D eigenvalue weighted by Gasteiger charge is 2.19. The molecule has 0 aliphatic carbocycles. The zero-order valence-corrected chi connectivity index (χ0v) is 13.1. The standard InChI is InChI=1S/C16H22N2O2S/c1-2-13(10-17)9-16(19)18(11-14-5-3-7-20-14)12-15-6-4-8-21-15/h3-8,13H,2,9-12,17H2,1H3. The van der Waals surface area contributed by atoms with Gasteiger partial charge in [-0.2, -0.15) is 0 Å². The van der Waals surface area contributed by atoms with E-state index in [9.17, 15) is 4.79 Å². The van der Waals surface area contributed by atoms with Crippen molar-refractivity contribution < 1.29 is 9.21 Å². The van der Waals surface area contributed by atoms with Crippen LogP contribution in [0.2, 0.25) is 0 Å². The maximum absolute atomic E-state index is 12.6. The first kappa shape index (κ1) is 15.8. The molecule has 0 spiro atoms. The highest BCUT2D eigenvalue weighted by molar-refractivity contribution is 7.09. The van der Waals surface area contributed by atoms with Gasteiger partial charge in [-0.25, -0.2) is 0 Å². The Morgan fingerprint density at radius 3 is 2.81 bits per heavy atom. The van der Waals surface area contributed by atoms with E-state index in [4.69, 9.17) is 10.2 Å². The maximum Gasteiger partial charge on any atom is 0.223 e. The van der Waals surface area contributed by atoms with Crippen LogP contribution in [-0.4, -0.2) is 17.4 Å². The van der Waals surface area contributed by atoms with Gasteiger partial charge in [0.2, 0.25) is 5.91 Å². The van der Waals surface area contributed by atoms with Crippen LogP contribution in [0.3, 0.4) is 0 Å². The summed E-state index contributed by atoms with van der Waals surface area (Å²) < 4.78 is 5.38. The first-order chi connectivity index (χ1) is 10.2. The van der Waals surface area contributed by atoms with E-state index in [1.165, 1.54) is 4.88 Å². The van der Waals surface area contributed by atoms with Crippen molar-refractivity contribution in [3.63, 3.8) is 0 Å². The van der Waals surface area contributed by atoms with Crippen LogP contribution in [0.15, 0.2) is 40.3 Å². The lowest BCUT2D eigenvalue weighted by Crippen LogP contribution is -2.32. The second-order valence-electron chi connectivity index (χ2n) is 5.12. The van der Waals surface area contributed by atoms with Crippen LogP contribution in [0, 0.1) is 5.92 Å². The smallest absolute Gasteiger partial charge is 0.223 e. The lowest BCUT2D eigenvalue weighted by Gasteiger charge is -2.23. The SMILES string of the molecule is CCC(CN)CC(=O)N(Cc1ccco1)Cc1cccs1. The third kappa shape index (κ3) is 4.72. The molecule has 1 amide bonds. The number of rotatable bonds is 8. The Morgan fingerprint density at radius 2 is 2.24 bits per heavy atom. The number of nitrogens with two attached hydrogens (primary N) is 1. The van der Waals surface area contributed by atoms with Crippen LogP contribution in [0.5, 0.6) is 0 Å². The second-order valence-corrected chi connectivity index (χ2v) is 6.15. The van der Waals surface area contributed by atoms with Crippen molar-refractivity contribution in [3.8, 4) is 0 Å². The molecular weight excluding hydrogens is 284 g/mol. The van der Waals surface area contributed by atoms with E-state index in [0.717, 1.165) is 12.2 Å². The van der Waals surface area contributed by atoms with Crippen molar-refractivity contribution in [2.75, 3.05) is 6.54 Å². The second kappa shape index (κ2) is 8.00. The zero-order valence-electron chi connectivity index (χ0n) is 12.3. The number of amides is 1. The van der Waals surface area contributed by atoms with Crippen molar-refractivity contribution in [2.24, 2.45) is 11.7 Å². The summed E-state index contributed by atoms with van der Waals surface area (Å²) in [5.41, 5.74) is 5.72. The Balaban J connectivity index is 2.05. The quantitative estimate of drug-likeness (QED) is 0.814. The van der Waals surface area contributed by atoms with Crippen molar-refractivity contribution in [1.29, 1.82) is 0 Å². The predicted molar refractivity (Wildman–Crippen MR) is 84.7 cm³/mol. The van der Waals surface area contributed by atoms with Gasteiger partial charge in [0.25, 0.3) is 0 Å². The molecule has 21 heavy (non-hydrogen) atoms. The fraction of sp³-hybridized carbons (Fsp3) is 0.438. The molecular formula is C16H22N2O2S. The van der Waals surface area contributed by atoms with E-state index >= 15 is 0 Å². The first-order valence-corrected chi connectivity index (χ1v) is 8.13. The molecule has 0 saturated carbocycles. The molecule has 2 aromatic heterocycles. The average molecular weight is 306 g/mol. The first-order valence-electron chi connectivity index (χ1n) is 7.25. The summed E-state index contributed by atoms with van der Waals surface area (Å²) in [6.45, 7) is 3.75. The van der Waals surface area contributed by atoms with E-state index in [-0.39, 0.29) is 11.8 Å². The fourth-order valence-corrected chi connectivity index (χ4v) is 2.90. The summed E-state index contributed by atoms with van der Waals surface area (Å²) in [6, 6.07) is 7.80. The molecule has 5 heteroatoms. The number of hydrogen-bond donors (Lipinski definition) is 1. The highest BCUT2D eigenvalue weighted by Crippen LogP contribution is 2.18. The van der Waals surface area contributed by atoms with Gasteiger partial charge >= 0.3 is 0 Å². The van der Waals surface area contributed by atoms with Crippen molar-refractivity contribution >= 4 is 17.2 Å². The minimum atomic E-state index is 0.136. The molecule has 0 radical (unpaired) electrons. The van der Waals surface area contributed by atoms with Gasteiger partial charge in [-0.1, -0.05) is 19.4 Å². The van der Waals surface area contributed by atoms with Crippen molar-refractivity contribution in [3.05, 3.63) is 46.5 Å². The van der Waals surface area contributed by atoms with Gasteiger partial charge in [0, 0.05) is 11.3 Å². The normalized spacial score (nSPS) is 12.3. The molecule has 2 aromatic rings. The Bertz CT molecular complexity index is 482. The fourth-order valence-electron chi connectivity index (χ4n) is 2.18. The Kier molecular flexibility index (Phi) is 6.02. The Labute approximate surface area is 129 Å². The molecule has 1 unspecified atom stereocenters. The molecule has 1 atom stereocenters. The molecule has 0 aliphatic rings. The van der Waals surface area contributed by atoms with Gasteiger partial charge < -0.3 is 15.1 Å². The van der Waals surface area contributed by atoms with Crippen LogP contribution < -0.4 is 5.73 Å². The average Bonchev–Trinajstić information content (AvgIpc) is 3.17. The number of thiophene rings is 1. The topological polar surface area (TPSA) is 59.5 Å². The molecule has 0 aromatic carbocycles. The van der Waals surface area contributed by atoms with Crippen molar-refractivity contribution in [2.45, 2.75) is 32.9 Å². The predicted octanol–water partition coefficient (Wildman–Crippen LogP) is 3.24. The molecule has 4 nitrogen and oxygen atoms in total. The van der Waals surface area contributed by atoms with E-state index in [0.29, 0.717) is 26.1 Å². The molecule has 2 heterocycles. The van der Waals surface area contributed by atoms with Gasteiger partial charge in [0.15, 0.2) is 0 Å². The highest BCUT2D eigenvalue weighted by atomic mass is 32.1. The molecule has 0 aliphatic heterocycles. The molecule has 2 N–H and O–H groups in total. The maximum atomic E-state index is 12.6. The van der Waals surface area contributed by atoms with Gasteiger partial charge in [-0.15, -0.1) is 11.3 Å². The summed E-state index contributed by atoms with van der Waals surface area (Å²) in [6.07, 6.45) is 3.06. The van der Waals surface area contributed by atoms with Crippen molar-refractivity contribution in [1.82, 2.24) is 4.90 Å². The van der Waals surface area contributed by atoms with Crippen LogP contribution in [0.4, 0.5) is 0 Å². The minimum Gasteiger partial charge on any atom is -0.467 e. The Morgan fingerprint density at radius 1 is 1.38 bits per heavy atom. The lowest BCUT2D eigenvalue weighted by molar-refractivity contribution is -0.133. The molecule has 0 fully saturated rings. The molecule has 0 saturated heterocycles. The molecule has 0 bridgehead atoms. The number of furan rings is 1. The van der Waals surface area contributed by atoms with E-state index < -0.39 is 0 Å². The number of hydrogen-bond acceptors (Lipinski definition) is 4. The molecule has 2 rings (SSSR count). The third-order valence-electron chi connectivity index (χ3n) is 3.58. The number of carbonyl (C=O) groups is 1. The molecule has 114 valence electrons. The summed E-state index contributed by atoms with van der Waals surface area (Å²) in [5, 5.41) is 2.03. The van der Waals surface area contributed by atoms with Crippen LogP contribution in [0.25, 0.3) is 0 Å². The van der Waals surface area contributed by atoms with Crippen LogP contribution >= 0.6 is 11.3 Å². The van der Waals surface area contributed by atoms with Gasteiger partial charge in [-0.3, -0.25) is 4.79 Å². The summed E-state index contributed by atoms with van der Waals surface area (Å²) in [5.74, 6) is 1.19. The lowest BCUT2D eigenvalue weighted by atomic mass is 10.0. The summed E-state index contributed by atoms with van der Waals surface area (Å²) >= 11 is 1.66. The Hall–Kier alpha value is -1.59. The van der Waals surface area contributed by atoms with E-state index in [1.807, 2.05) is 34.5 Å². The van der Waals surface area contributed by atoms with E-state index in [1.54, 1.807) is 17.6 Å². The van der Waals surface area contributed by atoms with Gasteiger partial charge in [0.1, 0.15) is 5.76 Å². The number of carbonyl (C=O) groups excluding carboxylic acids is 1. The van der Waals surface area contributed by atoms with Crippen LogP contribution in [0.1, 0.15) is 30.4 Å². The summed E-state index contributed by atoms with van der Waals surface area (Å²) in [7, 11) is 0. The zero-order chi connectivity index (χ0) is 15.1. The minimum absolute atomic E-state index is 0.136. The monoisotopic (exact) mass is 306 g/mol.